The van der Waals surface area contributed by atoms with Gasteiger partial charge in [-0.1, -0.05) is 0 Å². The fraction of sp³-hybridized carbons (Fsp3) is 0.100. The van der Waals surface area contributed by atoms with E-state index in [0.29, 0.717) is 5.69 Å². The van der Waals surface area contributed by atoms with E-state index in [1.807, 2.05) is 0 Å². The summed E-state index contributed by atoms with van der Waals surface area (Å²) in [5.74, 6) is -3.09. The minimum atomic E-state index is -0.772. The van der Waals surface area contributed by atoms with E-state index in [2.05, 4.69) is 30.1 Å². The zero-order valence-electron chi connectivity index (χ0n) is 16.3. The molecular formula is C20H17FN4O6. The number of ether oxygens (including phenoxy) is 2. The highest BCUT2D eigenvalue weighted by Gasteiger charge is 2.15. The summed E-state index contributed by atoms with van der Waals surface area (Å²) in [7, 11) is 2.37. The number of nitrogens with one attached hydrogen (secondary N) is 2. The maximum Gasteiger partial charge on any atom is 0.341 e. The van der Waals surface area contributed by atoms with Crippen molar-refractivity contribution in [3.63, 3.8) is 0 Å². The standard InChI is InChI=1S/C20H17FN4O6/c1-30-18(28)12-5-3-10(7-15(12)26)23-17-14(21)9-22-20(25-17)24-11-4-6-13(16(27)8-11)19(29)31-2/h3-9,26-27H,1-2H3,(H2,22,23,24,25). The van der Waals surface area contributed by atoms with Crippen LogP contribution in [0.1, 0.15) is 20.7 Å². The number of anilines is 4. The molecule has 160 valence electrons. The van der Waals surface area contributed by atoms with Crippen LogP contribution >= 0.6 is 0 Å². The Morgan fingerprint density at radius 1 is 0.903 bits per heavy atom. The lowest BCUT2D eigenvalue weighted by atomic mass is 10.2. The molecule has 0 saturated carbocycles. The Kier molecular flexibility index (Phi) is 6.15. The lowest BCUT2D eigenvalue weighted by Gasteiger charge is -2.11. The van der Waals surface area contributed by atoms with E-state index in [9.17, 15) is 24.2 Å². The first-order valence-corrected chi connectivity index (χ1v) is 8.71. The third kappa shape index (κ3) is 4.78. The minimum absolute atomic E-state index is 0.00970. The third-order valence-electron chi connectivity index (χ3n) is 4.07. The van der Waals surface area contributed by atoms with E-state index < -0.39 is 17.8 Å². The van der Waals surface area contributed by atoms with Gasteiger partial charge in [0.15, 0.2) is 11.6 Å². The molecule has 0 atom stereocenters. The number of methoxy groups -OCH3 is 2. The Bertz CT molecular complexity index is 1150. The molecule has 0 aliphatic heterocycles. The van der Waals surface area contributed by atoms with Crippen LogP contribution in [0.4, 0.5) is 27.5 Å². The largest absolute Gasteiger partial charge is 0.507 e. The molecule has 0 aliphatic rings. The highest BCUT2D eigenvalue weighted by atomic mass is 19.1. The molecular weight excluding hydrogens is 411 g/mol. The smallest absolute Gasteiger partial charge is 0.341 e. The van der Waals surface area contributed by atoms with E-state index in [1.54, 1.807) is 0 Å². The predicted molar refractivity (Wildman–Crippen MR) is 107 cm³/mol. The molecule has 4 N–H and O–H groups in total. The molecule has 10 nitrogen and oxygen atoms in total. The number of hydrogen-bond donors (Lipinski definition) is 4. The summed E-state index contributed by atoms with van der Waals surface area (Å²) < 4.78 is 23.3. The summed E-state index contributed by atoms with van der Waals surface area (Å²) in [6.07, 6.45) is 0.920. The summed E-state index contributed by atoms with van der Waals surface area (Å²) in [4.78, 5) is 30.9. The first-order valence-electron chi connectivity index (χ1n) is 8.71. The van der Waals surface area contributed by atoms with E-state index in [1.165, 1.54) is 50.6 Å². The van der Waals surface area contributed by atoms with Crippen molar-refractivity contribution in [3.8, 4) is 11.5 Å². The maximum absolute atomic E-state index is 14.2. The van der Waals surface area contributed by atoms with Crippen LogP contribution in [-0.2, 0) is 9.47 Å². The second-order valence-electron chi connectivity index (χ2n) is 6.09. The van der Waals surface area contributed by atoms with Gasteiger partial charge >= 0.3 is 11.9 Å². The number of aromatic nitrogens is 2. The predicted octanol–water partition coefficient (Wildman–Crippen LogP) is 3.09. The van der Waals surface area contributed by atoms with Gasteiger partial charge in [-0.15, -0.1) is 0 Å². The van der Waals surface area contributed by atoms with Crippen LogP contribution in [0, 0.1) is 5.82 Å². The lowest BCUT2D eigenvalue weighted by Crippen LogP contribution is -2.05. The topological polar surface area (TPSA) is 143 Å². The normalized spacial score (nSPS) is 10.3. The first-order chi connectivity index (χ1) is 14.8. The molecule has 1 aromatic heterocycles. The van der Waals surface area contributed by atoms with E-state index in [-0.39, 0.29) is 40.1 Å². The van der Waals surface area contributed by atoms with Gasteiger partial charge in [0, 0.05) is 23.5 Å². The molecule has 0 aliphatic carbocycles. The van der Waals surface area contributed by atoms with Gasteiger partial charge in [-0.25, -0.2) is 19.0 Å². The summed E-state index contributed by atoms with van der Waals surface area (Å²) in [6, 6.07) is 8.05. The fourth-order valence-electron chi connectivity index (χ4n) is 2.56. The molecule has 3 rings (SSSR count). The molecule has 3 aromatic rings. The molecule has 0 bridgehead atoms. The quantitative estimate of drug-likeness (QED) is 0.433. The zero-order chi connectivity index (χ0) is 22.5. The number of rotatable bonds is 6. The van der Waals surface area contributed by atoms with Gasteiger partial charge in [0.2, 0.25) is 5.95 Å². The monoisotopic (exact) mass is 428 g/mol. The number of carbonyl (C=O) groups is 2. The van der Waals surface area contributed by atoms with Crippen molar-refractivity contribution in [3.05, 3.63) is 59.5 Å². The second kappa shape index (κ2) is 8.95. The summed E-state index contributed by atoms with van der Waals surface area (Å²) in [6.45, 7) is 0. The number of carbonyl (C=O) groups excluding carboxylic acids is 2. The van der Waals surface area contributed by atoms with Crippen molar-refractivity contribution in [2.24, 2.45) is 0 Å². The van der Waals surface area contributed by atoms with Crippen LogP contribution in [0.3, 0.4) is 0 Å². The summed E-state index contributed by atoms with van der Waals surface area (Å²) in [5, 5.41) is 25.4. The average Bonchev–Trinajstić information content (AvgIpc) is 2.75. The first kappa shape index (κ1) is 21.3. The maximum atomic E-state index is 14.2. The Balaban J connectivity index is 1.81. The molecule has 1 heterocycles. The van der Waals surface area contributed by atoms with E-state index in [4.69, 9.17) is 0 Å². The number of nitrogens with zero attached hydrogens (tertiary/aromatic N) is 2. The van der Waals surface area contributed by atoms with Gasteiger partial charge in [-0.2, -0.15) is 4.98 Å². The van der Waals surface area contributed by atoms with Gasteiger partial charge in [-0.05, 0) is 24.3 Å². The molecule has 0 fully saturated rings. The molecule has 2 aromatic carbocycles. The zero-order valence-corrected chi connectivity index (χ0v) is 16.3. The van der Waals surface area contributed by atoms with Gasteiger partial charge in [0.05, 0.1) is 20.4 Å². The van der Waals surface area contributed by atoms with E-state index >= 15 is 0 Å². The van der Waals surface area contributed by atoms with Crippen LogP contribution < -0.4 is 10.6 Å². The number of benzene rings is 2. The highest BCUT2D eigenvalue weighted by Crippen LogP contribution is 2.27. The fourth-order valence-corrected chi connectivity index (χ4v) is 2.56. The van der Waals surface area contributed by atoms with Crippen molar-refractivity contribution >= 4 is 35.1 Å². The Morgan fingerprint density at radius 3 is 1.90 bits per heavy atom. The van der Waals surface area contributed by atoms with Crippen LogP contribution in [0.25, 0.3) is 0 Å². The number of hydrogen-bond acceptors (Lipinski definition) is 10. The Hall–Kier alpha value is -4.41. The van der Waals surface area contributed by atoms with Crippen LogP contribution in [-0.4, -0.2) is 46.3 Å². The highest BCUT2D eigenvalue weighted by molar-refractivity contribution is 5.93. The van der Waals surface area contributed by atoms with E-state index in [0.717, 1.165) is 6.20 Å². The number of halogens is 1. The molecule has 0 saturated heterocycles. The third-order valence-corrected chi connectivity index (χ3v) is 4.07. The molecule has 11 heteroatoms. The minimum Gasteiger partial charge on any atom is -0.507 e. The number of phenolic OH excluding ortho intramolecular Hbond substituents is 2. The average molecular weight is 428 g/mol. The Labute approximate surface area is 175 Å². The van der Waals surface area contributed by atoms with Gasteiger partial charge in [0.25, 0.3) is 0 Å². The lowest BCUT2D eigenvalue weighted by molar-refractivity contribution is 0.0588. The van der Waals surface area contributed by atoms with Gasteiger partial charge in [-0.3, -0.25) is 0 Å². The summed E-state index contributed by atoms with van der Waals surface area (Å²) in [5.41, 5.74) is 0.524. The number of esters is 2. The number of aromatic hydroxyl groups is 2. The SMILES string of the molecule is COC(=O)c1ccc(Nc2ncc(F)c(Nc3ccc(C(=O)OC)c(O)c3)n2)cc1O. The molecule has 0 unspecified atom stereocenters. The molecule has 31 heavy (non-hydrogen) atoms. The van der Waals surface area contributed by atoms with Crippen molar-refractivity contribution in [2.75, 3.05) is 24.9 Å². The van der Waals surface area contributed by atoms with Crippen molar-refractivity contribution in [2.45, 2.75) is 0 Å². The van der Waals surface area contributed by atoms with Gasteiger partial charge in [0.1, 0.15) is 22.6 Å². The van der Waals surface area contributed by atoms with Crippen molar-refractivity contribution in [1.29, 1.82) is 0 Å². The number of phenols is 2. The molecule has 0 spiro atoms. The summed E-state index contributed by atoms with van der Waals surface area (Å²) >= 11 is 0. The van der Waals surface area contributed by atoms with Crippen LogP contribution in [0.2, 0.25) is 0 Å². The second-order valence-corrected chi connectivity index (χ2v) is 6.09. The van der Waals surface area contributed by atoms with Crippen LogP contribution in [0.5, 0.6) is 11.5 Å². The molecule has 0 radical (unpaired) electrons. The van der Waals surface area contributed by atoms with Crippen LogP contribution in [0.15, 0.2) is 42.6 Å². The molecule has 0 amide bonds. The van der Waals surface area contributed by atoms with Crippen molar-refractivity contribution < 1.29 is 33.7 Å². The van der Waals surface area contributed by atoms with Crippen molar-refractivity contribution in [1.82, 2.24) is 9.97 Å². The van der Waals surface area contributed by atoms with Gasteiger partial charge < -0.3 is 30.3 Å². The Morgan fingerprint density at radius 2 is 1.42 bits per heavy atom.